The number of alkyl halides is 1. The molecule has 54 valence electrons. The van der Waals surface area contributed by atoms with E-state index in [1.165, 1.54) is 12.8 Å². The van der Waals surface area contributed by atoms with Crippen LogP contribution in [0.25, 0.3) is 0 Å². The minimum absolute atomic E-state index is 0.509. The summed E-state index contributed by atoms with van der Waals surface area (Å²) in [4.78, 5) is 0. The lowest BCUT2D eigenvalue weighted by Gasteiger charge is -2.39. The molecule has 1 aliphatic heterocycles. The molecule has 0 saturated carbocycles. The van der Waals surface area contributed by atoms with Crippen LogP contribution in [0.1, 0.15) is 19.8 Å². The van der Waals surface area contributed by atoms with E-state index in [1.807, 2.05) is 0 Å². The van der Waals surface area contributed by atoms with Gasteiger partial charge in [0.05, 0.1) is 13.2 Å². The largest absolute Gasteiger partial charge is 0.380 e. The maximum atomic E-state index is 5.15. The summed E-state index contributed by atoms with van der Waals surface area (Å²) in [6.07, 6.45) is 2.58. The standard InChI is InChI=1S/C7H13BrO/c1-2-3-7(4-8)5-9-6-7/h2-6H2,1H3. The molecule has 0 spiro atoms. The van der Waals surface area contributed by atoms with Crippen molar-refractivity contribution in [2.24, 2.45) is 5.41 Å². The Kier molecular flexibility index (Phi) is 2.53. The summed E-state index contributed by atoms with van der Waals surface area (Å²) in [5, 5.41) is 1.10. The van der Waals surface area contributed by atoms with Crippen molar-refractivity contribution in [3.63, 3.8) is 0 Å². The van der Waals surface area contributed by atoms with E-state index in [-0.39, 0.29) is 0 Å². The molecule has 1 nitrogen and oxygen atoms in total. The van der Waals surface area contributed by atoms with Crippen molar-refractivity contribution >= 4 is 15.9 Å². The lowest BCUT2D eigenvalue weighted by atomic mass is 9.84. The van der Waals surface area contributed by atoms with Crippen LogP contribution in [0.15, 0.2) is 0 Å². The fraction of sp³-hybridized carbons (Fsp3) is 1.00. The molecule has 1 saturated heterocycles. The fourth-order valence-electron chi connectivity index (χ4n) is 1.21. The van der Waals surface area contributed by atoms with Gasteiger partial charge in [-0.05, 0) is 6.42 Å². The molecule has 0 aliphatic carbocycles. The van der Waals surface area contributed by atoms with Gasteiger partial charge in [0.25, 0.3) is 0 Å². The highest BCUT2D eigenvalue weighted by Crippen LogP contribution is 2.34. The molecule has 0 aromatic heterocycles. The Morgan fingerprint density at radius 2 is 2.22 bits per heavy atom. The van der Waals surface area contributed by atoms with Gasteiger partial charge in [0.15, 0.2) is 0 Å². The summed E-state index contributed by atoms with van der Waals surface area (Å²) in [5.74, 6) is 0. The van der Waals surface area contributed by atoms with Crippen LogP contribution in [-0.2, 0) is 4.74 Å². The van der Waals surface area contributed by atoms with Crippen molar-refractivity contribution < 1.29 is 4.74 Å². The lowest BCUT2D eigenvalue weighted by molar-refractivity contribution is -0.101. The highest BCUT2D eigenvalue weighted by atomic mass is 79.9. The van der Waals surface area contributed by atoms with Crippen LogP contribution in [0.5, 0.6) is 0 Å². The normalized spacial score (nSPS) is 23.3. The number of halogens is 1. The van der Waals surface area contributed by atoms with E-state index < -0.39 is 0 Å². The number of hydrogen-bond acceptors (Lipinski definition) is 1. The first-order valence-electron chi connectivity index (χ1n) is 3.47. The summed E-state index contributed by atoms with van der Waals surface area (Å²) in [6, 6.07) is 0. The molecule has 0 amide bonds. The minimum Gasteiger partial charge on any atom is -0.380 e. The Labute approximate surface area is 64.9 Å². The van der Waals surface area contributed by atoms with Gasteiger partial charge in [-0.1, -0.05) is 29.3 Å². The topological polar surface area (TPSA) is 9.23 Å². The molecule has 0 bridgehead atoms. The highest BCUT2D eigenvalue weighted by molar-refractivity contribution is 9.09. The molecule has 0 unspecified atom stereocenters. The van der Waals surface area contributed by atoms with Crippen molar-refractivity contribution in [3.05, 3.63) is 0 Å². The van der Waals surface area contributed by atoms with Crippen molar-refractivity contribution in [1.29, 1.82) is 0 Å². The Hall–Kier alpha value is 0.440. The zero-order valence-electron chi connectivity index (χ0n) is 5.82. The second-order valence-corrected chi connectivity index (χ2v) is 3.44. The molecule has 0 atom stereocenters. The van der Waals surface area contributed by atoms with Crippen LogP contribution in [0.2, 0.25) is 0 Å². The average molecular weight is 193 g/mol. The van der Waals surface area contributed by atoms with Crippen molar-refractivity contribution in [2.45, 2.75) is 19.8 Å². The summed E-state index contributed by atoms with van der Waals surface area (Å²) in [6.45, 7) is 4.15. The van der Waals surface area contributed by atoms with Crippen LogP contribution >= 0.6 is 15.9 Å². The maximum Gasteiger partial charge on any atom is 0.0552 e. The molecule has 0 radical (unpaired) electrons. The molecule has 9 heavy (non-hydrogen) atoms. The maximum absolute atomic E-state index is 5.15. The predicted octanol–water partition coefficient (Wildman–Crippen LogP) is 2.20. The Morgan fingerprint density at radius 1 is 1.56 bits per heavy atom. The van der Waals surface area contributed by atoms with Crippen molar-refractivity contribution in [3.8, 4) is 0 Å². The average Bonchev–Trinajstić information content (AvgIpc) is 1.79. The Bertz CT molecular complexity index is 83.4. The zero-order valence-corrected chi connectivity index (χ0v) is 7.41. The van der Waals surface area contributed by atoms with Crippen LogP contribution < -0.4 is 0 Å². The zero-order chi connectivity index (χ0) is 6.74. The summed E-state index contributed by atoms with van der Waals surface area (Å²) < 4.78 is 5.15. The third-order valence-electron chi connectivity index (χ3n) is 1.88. The Balaban J connectivity index is 2.28. The van der Waals surface area contributed by atoms with Gasteiger partial charge in [0.1, 0.15) is 0 Å². The minimum atomic E-state index is 0.509. The van der Waals surface area contributed by atoms with E-state index in [0.29, 0.717) is 5.41 Å². The van der Waals surface area contributed by atoms with E-state index in [1.54, 1.807) is 0 Å². The molecule has 0 aromatic carbocycles. The predicted molar refractivity (Wildman–Crippen MR) is 42.0 cm³/mol. The van der Waals surface area contributed by atoms with Crippen LogP contribution in [0.4, 0.5) is 0 Å². The Morgan fingerprint density at radius 3 is 2.33 bits per heavy atom. The molecule has 1 fully saturated rings. The van der Waals surface area contributed by atoms with Gasteiger partial charge < -0.3 is 4.74 Å². The summed E-state index contributed by atoms with van der Waals surface area (Å²) >= 11 is 3.50. The first kappa shape index (κ1) is 7.55. The van der Waals surface area contributed by atoms with Crippen molar-refractivity contribution in [1.82, 2.24) is 0 Å². The van der Waals surface area contributed by atoms with Gasteiger partial charge in [-0.25, -0.2) is 0 Å². The molecular formula is C7H13BrO. The first-order chi connectivity index (χ1) is 4.33. The summed E-state index contributed by atoms with van der Waals surface area (Å²) in [5.41, 5.74) is 0.509. The molecule has 0 N–H and O–H groups in total. The van der Waals surface area contributed by atoms with Gasteiger partial charge in [0, 0.05) is 10.7 Å². The molecule has 0 aromatic rings. The van der Waals surface area contributed by atoms with Gasteiger partial charge >= 0.3 is 0 Å². The van der Waals surface area contributed by atoms with Crippen LogP contribution in [0.3, 0.4) is 0 Å². The molecule has 1 rings (SSSR count). The molecular weight excluding hydrogens is 180 g/mol. The number of ether oxygens (including phenoxy) is 1. The number of hydrogen-bond donors (Lipinski definition) is 0. The molecule has 1 aliphatic rings. The van der Waals surface area contributed by atoms with E-state index in [0.717, 1.165) is 18.5 Å². The molecule has 1 heterocycles. The van der Waals surface area contributed by atoms with Gasteiger partial charge in [-0.2, -0.15) is 0 Å². The van der Waals surface area contributed by atoms with Crippen LogP contribution in [0, 0.1) is 5.41 Å². The smallest absolute Gasteiger partial charge is 0.0552 e. The lowest BCUT2D eigenvalue weighted by Crippen LogP contribution is -2.43. The summed E-state index contributed by atoms with van der Waals surface area (Å²) in [7, 11) is 0. The highest BCUT2D eigenvalue weighted by Gasteiger charge is 2.36. The SMILES string of the molecule is CCCC1(CBr)COC1. The van der Waals surface area contributed by atoms with E-state index in [9.17, 15) is 0 Å². The van der Waals surface area contributed by atoms with Gasteiger partial charge in [-0.3, -0.25) is 0 Å². The quantitative estimate of drug-likeness (QED) is 0.624. The van der Waals surface area contributed by atoms with E-state index in [2.05, 4.69) is 22.9 Å². The van der Waals surface area contributed by atoms with Gasteiger partial charge in [-0.15, -0.1) is 0 Å². The third kappa shape index (κ3) is 1.47. The van der Waals surface area contributed by atoms with E-state index >= 15 is 0 Å². The molecule has 2 heteroatoms. The van der Waals surface area contributed by atoms with E-state index in [4.69, 9.17) is 4.74 Å². The first-order valence-corrected chi connectivity index (χ1v) is 4.59. The fourth-order valence-corrected chi connectivity index (χ4v) is 1.81. The van der Waals surface area contributed by atoms with Gasteiger partial charge in [0.2, 0.25) is 0 Å². The van der Waals surface area contributed by atoms with Crippen molar-refractivity contribution in [2.75, 3.05) is 18.5 Å². The monoisotopic (exact) mass is 192 g/mol. The third-order valence-corrected chi connectivity index (χ3v) is 3.07. The second kappa shape index (κ2) is 3.02. The van der Waals surface area contributed by atoms with Crippen LogP contribution in [-0.4, -0.2) is 18.5 Å². The second-order valence-electron chi connectivity index (χ2n) is 2.88. The number of rotatable bonds is 3.